The average molecular weight is 249 g/mol. The molecule has 0 bridgehead atoms. The molecule has 1 aliphatic heterocycles. The summed E-state index contributed by atoms with van der Waals surface area (Å²) in [7, 11) is -3.13. The van der Waals surface area contributed by atoms with Crippen molar-refractivity contribution in [3.63, 3.8) is 0 Å². The molecule has 6 heteroatoms. The lowest BCUT2D eigenvalue weighted by atomic mass is 10.0. The van der Waals surface area contributed by atoms with Crippen LogP contribution in [-0.4, -0.2) is 35.9 Å². The second kappa shape index (κ2) is 5.30. The zero-order chi connectivity index (χ0) is 12.2. The van der Waals surface area contributed by atoms with Crippen LogP contribution in [0.25, 0.3) is 0 Å². The van der Waals surface area contributed by atoms with Gasteiger partial charge >= 0.3 is 7.60 Å². The molecule has 0 spiro atoms. The van der Waals surface area contributed by atoms with Gasteiger partial charge in [-0.15, -0.1) is 0 Å². The Bertz CT molecular complexity index is 308. The number of nitrogens with zero attached hydrogens (tertiary/aromatic N) is 1. The highest BCUT2D eigenvalue weighted by molar-refractivity contribution is 7.53. The summed E-state index contributed by atoms with van der Waals surface area (Å²) < 4.78 is 23.6. The Morgan fingerprint density at radius 2 is 2.00 bits per heavy atom. The molecule has 1 aliphatic rings. The highest BCUT2D eigenvalue weighted by Crippen LogP contribution is 2.52. The first-order chi connectivity index (χ1) is 7.46. The molecule has 0 radical (unpaired) electrons. The first kappa shape index (κ1) is 13.7. The molecule has 0 aromatic carbocycles. The van der Waals surface area contributed by atoms with E-state index in [0.29, 0.717) is 19.6 Å². The molecule has 94 valence electrons. The van der Waals surface area contributed by atoms with Crippen molar-refractivity contribution in [1.29, 1.82) is 0 Å². The fraction of sp³-hybridized carbons (Fsp3) is 0.900. The molecule has 0 amide bonds. The maximum atomic E-state index is 12.3. The van der Waals surface area contributed by atoms with Crippen LogP contribution in [0.2, 0.25) is 0 Å². The molecule has 0 N–H and O–H groups in total. The summed E-state index contributed by atoms with van der Waals surface area (Å²) >= 11 is 0. The van der Waals surface area contributed by atoms with Crippen LogP contribution in [0.15, 0.2) is 0 Å². The van der Waals surface area contributed by atoms with Crippen LogP contribution in [0.5, 0.6) is 0 Å². The maximum Gasteiger partial charge on any atom is 0.337 e. The summed E-state index contributed by atoms with van der Waals surface area (Å²) in [6.07, 6.45) is 3.16. The second-order valence-corrected chi connectivity index (χ2v) is 6.20. The third-order valence-electron chi connectivity index (χ3n) is 2.70. The van der Waals surface area contributed by atoms with Crippen molar-refractivity contribution in [2.75, 3.05) is 19.4 Å². The van der Waals surface area contributed by atoms with Gasteiger partial charge in [-0.2, -0.15) is 0 Å². The van der Waals surface area contributed by atoms with Gasteiger partial charge < -0.3 is 14.3 Å². The van der Waals surface area contributed by atoms with Crippen LogP contribution < -0.4 is 0 Å². The van der Waals surface area contributed by atoms with E-state index in [1.165, 1.54) is 0 Å². The Morgan fingerprint density at radius 1 is 1.44 bits per heavy atom. The maximum absolute atomic E-state index is 12.3. The first-order valence-corrected chi connectivity index (χ1v) is 7.36. The van der Waals surface area contributed by atoms with E-state index in [1.54, 1.807) is 27.0 Å². The van der Waals surface area contributed by atoms with Crippen molar-refractivity contribution >= 4 is 13.8 Å². The predicted molar refractivity (Wildman–Crippen MR) is 63.1 cm³/mol. The summed E-state index contributed by atoms with van der Waals surface area (Å²) in [4.78, 5) is 0. The molecule has 0 saturated carbocycles. The Balaban J connectivity index is 2.75. The number of hydrogen-bond acceptors (Lipinski definition) is 4. The first-order valence-electron chi connectivity index (χ1n) is 5.64. The summed E-state index contributed by atoms with van der Waals surface area (Å²) in [6.45, 7) is 5.99. The topological polar surface area (TPSA) is 61.6 Å². The lowest BCUT2D eigenvalue weighted by Gasteiger charge is -2.27. The Kier molecular flexibility index (Phi) is 4.53. The van der Waals surface area contributed by atoms with Gasteiger partial charge in [0, 0.05) is 19.8 Å². The molecule has 0 fully saturated rings. The van der Waals surface area contributed by atoms with Crippen LogP contribution in [0.1, 0.15) is 33.6 Å². The van der Waals surface area contributed by atoms with Crippen molar-refractivity contribution in [2.45, 2.75) is 39.2 Å². The highest BCUT2D eigenvalue weighted by Gasteiger charge is 2.44. The molecule has 1 unspecified atom stereocenters. The van der Waals surface area contributed by atoms with E-state index in [0.717, 1.165) is 11.2 Å². The van der Waals surface area contributed by atoms with Gasteiger partial charge in [-0.3, -0.25) is 4.57 Å². The third kappa shape index (κ3) is 3.06. The fourth-order valence-electron chi connectivity index (χ4n) is 1.91. The fourth-order valence-corrected chi connectivity index (χ4v) is 4.09. The number of hydroxylamine groups is 1. The highest BCUT2D eigenvalue weighted by atomic mass is 31.2. The number of hydrogen-bond donors (Lipinski definition) is 0. The van der Waals surface area contributed by atoms with Gasteiger partial charge in [0.2, 0.25) is 0 Å². The lowest BCUT2D eigenvalue weighted by molar-refractivity contribution is -0.526. The monoisotopic (exact) mass is 249 g/mol. The number of rotatable bonds is 6. The van der Waals surface area contributed by atoms with Crippen molar-refractivity contribution in [3.8, 4) is 0 Å². The van der Waals surface area contributed by atoms with Gasteiger partial charge in [-0.1, -0.05) is 0 Å². The van der Waals surface area contributed by atoms with Crippen molar-refractivity contribution in [1.82, 2.24) is 0 Å². The van der Waals surface area contributed by atoms with Crippen LogP contribution in [0, 0.1) is 5.21 Å². The van der Waals surface area contributed by atoms with Crippen LogP contribution >= 0.6 is 7.60 Å². The van der Waals surface area contributed by atoms with E-state index in [2.05, 4.69) is 0 Å². The van der Waals surface area contributed by atoms with E-state index in [-0.39, 0.29) is 6.16 Å². The molecule has 1 rings (SSSR count). The third-order valence-corrected chi connectivity index (χ3v) is 5.07. The smallest absolute Gasteiger partial charge is 0.337 e. The van der Waals surface area contributed by atoms with Gasteiger partial charge in [0.05, 0.1) is 13.2 Å². The average Bonchev–Trinajstić information content (AvgIpc) is 2.46. The molecule has 1 heterocycles. The quantitative estimate of drug-likeness (QED) is 0.412. The predicted octanol–water partition coefficient (Wildman–Crippen LogP) is 2.39. The Labute approximate surface area is 96.6 Å². The summed E-state index contributed by atoms with van der Waals surface area (Å²) in [6, 6.07) is 0. The van der Waals surface area contributed by atoms with Gasteiger partial charge in [-0.25, -0.2) is 4.74 Å². The molecule has 0 aromatic heterocycles. The molecule has 0 aromatic rings. The van der Waals surface area contributed by atoms with Gasteiger partial charge in [-0.05, 0) is 13.8 Å². The van der Waals surface area contributed by atoms with E-state index < -0.39 is 13.1 Å². The van der Waals surface area contributed by atoms with E-state index in [1.807, 2.05) is 0 Å². The lowest BCUT2D eigenvalue weighted by Crippen LogP contribution is -2.36. The van der Waals surface area contributed by atoms with Crippen LogP contribution in [0.3, 0.4) is 0 Å². The van der Waals surface area contributed by atoms with Gasteiger partial charge in [0.15, 0.2) is 11.8 Å². The van der Waals surface area contributed by atoms with Crippen molar-refractivity contribution in [3.05, 3.63) is 5.21 Å². The SMILES string of the molecule is CCOP(=O)(CC1(C)CCC=[N+]1[O-])OCC. The molecule has 1 atom stereocenters. The van der Waals surface area contributed by atoms with E-state index >= 15 is 0 Å². The Morgan fingerprint density at radius 3 is 2.38 bits per heavy atom. The molecule has 16 heavy (non-hydrogen) atoms. The summed E-state index contributed by atoms with van der Waals surface area (Å²) in [5.74, 6) is 0. The molecule has 5 nitrogen and oxygen atoms in total. The van der Waals surface area contributed by atoms with Gasteiger partial charge in [0.25, 0.3) is 0 Å². The minimum absolute atomic E-state index is 0.154. The standard InChI is InChI=1S/C10H20NO4P/c1-4-14-16(13,15-5-2)9-10(3)7-6-8-11(10)12/h8H,4-7,9H2,1-3H3. The minimum atomic E-state index is -3.13. The zero-order valence-electron chi connectivity index (χ0n) is 10.1. The normalized spacial score (nSPS) is 25.8. The Hall–Kier alpha value is -0.380. The second-order valence-electron chi connectivity index (χ2n) is 4.15. The minimum Gasteiger partial charge on any atom is -0.624 e. The molecule has 0 saturated heterocycles. The van der Waals surface area contributed by atoms with Crippen molar-refractivity contribution < 1.29 is 18.4 Å². The van der Waals surface area contributed by atoms with Crippen molar-refractivity contribution in [2.24, 2.45) is 0 Å². The van der Waals surface area contributed by atoms with Crippen LogP contribution in [-0.2, 0) is 13.6 Å². The largest absolute Gasteiger partial charge is 0.624 e. The summed E-state index contributed by atoms with van der Waals surface area (Å²) in [5.41, 5.74) is -0.653. The van der Waals surface area contributed by atoms with E-state index in [4.69, 9.17) is 9.05 Å². The van der Waals surface area contributed by atoms with E-state index in [9.17, 15) is 9.77 Å². The van der Waals surface area contributed by atoms with Crippen LogP contribution in [0.4, 0.5) is 0 Å². The zero-order valence-corrected chi connectivity index (χ0v) is 11.0. The molecular weight excluding hydrogens is 229 g/mol. The molecule has 0 aliphatic carbocycles. The summed E-state index contributed by atoms with van der Waals surface area (Å²) in [5, 5.41) is 11.6. The molecular formula is C10H20NO4P. The van der Waals surface area contributed by atoms with Gasteiger partial charge in [0.1, 0.15) is 6.16 Å².